The predicted molar refractivity (Wildman–Crippen MR) is 135 cm³/mol. The lowest BCUT2D eigenvalue weighted by Crippen LogP contribution is -2.19. The quantitative estimate of drug-likeness (QED) is 0.298. The maximum atomic E-state index is 12.2. The van der Waals surface area contributed by atoms with Gasteiger partial charge in [-0.15, -0.1) is 0 Å². The molecule has 0 spiro atoms. The smallest absolute Gasteiger partial charge is 0.249 e. The molecule has 5 aromatic rings. The van der Waals surface area contributed by atoms with E-state index in [0.717, 1.165) is 38.4 Å². The Labute approximate surface area is 201 Å². The van der Waals surface area contributed by atoms with Gasteiger partial charge in [0, 0.05) is 35.5 Å². The predicted octanol–water partition coefficient (Wildman–Crippen LogP) is 4.93. The normalized spacial score (nSPS) is 12.7. The van der Waals surface area contributed by atoms with Crippen LogP contribution in [0.4, 0.5) is 0 Å². The van der Waals surface area contributed by atoms with E-state index in [2.05, 4.69) is 22.1 Å². The summed E-state index contributed by atoms with van der Waals surface area (Å²) in [6.45, 7) is 0. The SMILES string of the molecule is NC(=O)c1ccccc1-c1cncnc1.O=C1CC(=O)c2c(ccc3c2ccc2ccccc23)C1. The Morgan fingerprint density at radius 3 is 2.26 bits per heavy atom. The van der Waals surface area contributed by atoms with Crippen LogP contribution in [0.15, 0.2) is 91.5 Å². The second-order valence-electron chi connectivity index (χ2n) is 8.33. The topological polar surface area (TPSA) is 103 Å². The summed E-state index contributed by atoms with van der Waals surface area (Å²) in [5.41, 5.74) is 8.90. The summed E-state index contributed by atoms with van der Waals surface area (Å²) in [5, 5.41) is 4.38. The van der Waals surface area contributed by atoms with Crippen molar-refractivity contribution in [3.63, 3.8) is 0 Å². The van der Waals surface area contributed by atoms with Crippen molar-refractivity contribution in [2.75, 3.05) is 0 Å². The van der Waals surface area contributed by atoms with Gasteiger partial charge in [0.1, 0.15) is 12.1 Å². The van der Waals surface area contributed by atoms with Crippen LogP contribution in [0.25, 0.3) is 32.7 Å². The van der Waals surface area contributed by atoms with E-state index in [1.807, 2.05) is 48.5 Å². The van der Waals surface area contributed by atoms with Gasteiger partial charge in [-0.3, -0.25) is 14.4 Å². The first-order valence-corrected chi connectivity index (χ1v) is 11.2. The van der Waals surface area contributed by atoms with Crippen molar-refractivity contribution >= 4 is 39.0 Å². The molecule has 1 aromatic heterocycles. The second-order valence-corrected chi connectivity index (χ2v) is 8.33. The molecule has 6 rings (SSSR count). The Morgan fingerprint density at radius 1 is 0.743 bits per heavy atom. The molecule has 6 heteroatoms. The van der Waals surface area contributed by atoms with Crippen molar-refractivity contribution in [3.8, 4) is 11.1 Å². The summed E-state index contributed by atoms with van der Waals surface area (Å²) in [6, 6.07) is 23.3. The molecule has 0 radical (unpaired) electrons. The summed E-state index contributed by atoms with van der Waals surface area (Å²) in [5.74, 6) is -0.478. The highest BCUT2D eigenvalue weighted by Crippen LogP contribution is 2.32. The number of nitrogens with two attached hydrogens (primary N) is 1. The molecule has 1 aliphatic carbocycles. The van der Waals surface area contributed by atoms with Gasteiger partial charge in [-0.05, 0) is 38.7 Å². The molecule has 35 heavy (non-hydrogen) atoms. The van der Waals surface area contributed by atoms with E-state index >= 15 is 0 Å². The summed E-state index contributed by atoms with van der Waals surface area (Å²) >= 11 is 0. The molecule has 0 saturated heterocycles. The minimum Gasteiger partial charge on any atom is -0.366 e. The molecular weight excluding hydrogens is 438 g/mol. The molecule has 4 aromatic carbocycles. The van der Waals surface area contributed by atoms with E-state index in [1.165, 1.54) is 11.7 Å². The number of benzene rings is 4. The van der Waals surface area contributed by atoms with Gasteiger partial charge in [0.25, 0.3) is 0 Å². The van der Waals surface area contributed by atoms with Gasteiger partial charge in [0.2, 0.25) is 5.91 Å². The summed E-state index contributed by atoms with van der Waals surface area (Å²) in [6.07, 6.45) is 5.16. The molecule has 0 bridgehead atoms. The minimum atomic E-state index is -0.450. The number of rotatable bonds is 2. The molecule has 0 atom stereocenters. The maximum Gasteiger partial charge on any atom is 0.249 e. The Kier molecular flexibility index (Phi) is 5.85. The third-order valence-corrected chi connectivity index (χ3v) is 6.10. The number of primary amides is 1. The highest BCUT2D eigenvalue weighted by molar-refractivity contribution is 6.22. The van der Waals surface area contributed by atoms with Gasteiger partial charge in [-0.1, -0.05) is 66.7 Å². The first-order chi connectivity index (χ1) is 17.0. The molecule has 0 unspecified atom stereocenters. The molecule has 1 aliphatic rings. The van der Waals surface area contributed by atoms with Gasteiger partial charge in [-0.25, -0.2) is 9.97 Å². The van der Waals surface area contributed by atoms with Crippen LogP contribution in [0, 0.1) is 0 Å². The Hall–Kier alpha value is -4.71. The highest BCUT2D eigenvalue weighted by atomic mass is 16.2. The minimum absolute atomic E-state index is 0.0163. The van der Waals surface area contributed by atoms with Crippen LogP contribution in [0.3, 0.4) is 0 Å². The van der Waals surface area contributed by atoms with E-state index in [0.29, 0.717) is 12.0 Å². The zero-order chi connectivity index (χ0) is 24.4. The number of fused-ring (bicyclic) bond motifs is 5. The lowest BCUT2D eigenvalue weighted by Gasteiger charge is -2.17. The van der Waals surface area contributed by atoms with Crippen molar-refractivity contribution < 1.29 is 14.4 Å². The number of hydrogen-bond acceptors (Lipinski definition) is 5. The zero-order valence-corrected chi connectivity index (χ0v) is 18.8. The van der Waals surface area contributed by atoms with E-state index < -0.39 is 5.91 Å². The largest absolute Gasteiger partial charge is 0.366 e. The van der Waals surface area contributed by atoms with E-state index in [1.54, 1.807) is 24.5 Å². The number of Topliss-reactive ketones (excluding diaryl/α,β-unsaturated/α-hetero) is 2. The monoisotopic (exact) mass is 459 g/mol. The average Bonchev–Trinajstić information content (AvgIpc) is 2.89. The molecule has 1 amide bonds. The third-order valence-electron chi connectivity index (χ3n) is 6.10. The van der Waals surface area contributed by atoms with Gasteiger partial charge in [-0.2, -0.15) is 0 Å². The van der Waals surface area contributed by atoms with Gasteiger partial charge < -0.3 is 5.73 Å². The fourth-order valence-electron chi connectivity index (χ4n) is 4.54. The first-order valence-electron chi connectivity index (χ1n) is 11.2. The van der Waals surface area contributed by atoms with Crippen molar-refractivity contribution in [1.29, 1.82) is 0 Å². The molecular formula is C29H21N3O3. The number of ketones is 2. The fraction of sp³-hybridized carbons (Fsp3) is 0.0690. The van der Waals surface area contributed by atoms with Crippen LogP contribution < -0.4 is 5.73 Å². The van der Waals surface area contributed by atoms with Crippen LogP contribution in [0.5, 0.6) is 0 Å². The lowest BCUT2D eigenvalue weighted by molar-refractivity contribution is -0.117. The van der Waals surface area contributed by atoms with Crippen LogP contribution in [0.2, 0.25) is 0 Å². The van der Waals surface area contributed by atoms with E-state index in [4.69, 9.17) is 5.73 Å². The van der Waals surface area contributed by atoms with Crippen molar-refractivity contribution in [2.24, 2.45) is 5.73 Å². The number of nitrogens with zero attached hydrogens (tertiary/aromatic N) is 2. The van der Waals surface area contributed by atoms with Gasteiger partial charge in [0.05, 0.1) is 6.42 Å². The van der Waals surface area contributed by atoms with Crippen LogP contribution in [-0.2, 0) is 11.2 Å². The highest BCUT2D eigenvalue weighted by Gasteiger charge is 2.25. The van der Waals surface area contributed by atoms with Crippen LogP contribution >= 0.6 is 0 Å². The van der Waals surface area contributed by atoms with Gasteiger partial charge in [0.15, 0.2) is 5.78 Å². The number of carbonyl (C=O) groups is 3. The Morgan fingerprint density at radius 2 is 1.46 bits per heavy atom. The van der Waals surface area contributed by atoms with Crippen molar-refractivity contribution in [1.82, 2.24) is 9.97 Å². The van der Waals surface area contributed by atoms with Crippen molar-refractivity contribution in [3.05, 3.63) is 108 Å². The molecule has 0 saturated carbocycles. The van der Waals surface area contributed by atoms with Crippen LogP contribution in [0.1, 0.15) is 32.7 Å². The number of carbonyl (C=O) groups excluding carboxylic acids is 3. The number of hydrogen-bond donors (Lipinski definition) is 1. The first kappa shape index (κ1) is 22.1. The summed E-state index contributed by atoms with van der Waals surface area (Å²) in [4.78, 5) is 42.8. The fourth-order valence-corrected chi connectivity index (χ4v) is 4.54. The van der Waals surface area contributed by atoms with Gasteiger partial charge >= 0.3 is 0 Å². The molecule has 0 fully saturated rings. The average molecular weight is 460 g/mol. The maximum absolute atomic E-state index is 12.2. The summed E-state index contributed by atoms with van der Waals surface area (Å²) < 4.78 is 0. The molecule has 0 aliphatic heterocycles. The third kappa shape index (κ3) is 4.29. The summed E-state index contributed by atoms with van der Waals surface area (Å²) in [7, 11) is 0. The second kappa shape index (κ2) is 9.27. The van der Waals surface area contributed by atoms with E-state index in [-0.39, 0.29) is 18.0 Å². The number of amides is 1. The number of aromatic nitrogens is 2. The van der Waals surface area contributed by atoms with Crippen LogP contribution in [-0.4, -0.2) is 27.4 Å². The van der Waals surface area contributed by atoms with Crippen molar-refractivity contribution in [2.45, 2.75) is 12.8 Å². The zero-order valence-electron chi connectivity index (χ0n) is 18.8. The lowest BCUT2D eigenvalue weighted by atomic mass is 9.85. The van der Waals surface area contributed by atoms with E-state index in [9.17, 15) is 14.4 Å². The Bertz CT molecular complexity index is 1610. The molecule has 1 heterocycles. The molecule has 170 valence electrons. The molecule has 6 nitrogen and oxygen atoms in total. The standard InChI is InChI=1S/C18H12O2.C11H9N3O/c19-13-9-12-6-7-15-14-4-2-1-3-11(14)5-8-16(15)18(12)17(20)10-13;12-11(15)10-4-2-1-3-9(10)8-5-13-7-14-6-8/h1-8H,9-10H2;1-7H,(H2,12,15). The molecule has 2 N–H and O–H groups in total. The Balaban J connectivity index is 0.000000152.